The van der Waals surface area contributed by atoms with Gasteiger partial charge in [0.1, 0.15) is 5.82 Å². The van der Waals surface area contributed by atoms with Crippen LogP contribution in [0.5, 0.6) is 0 Å². The van der Waals surface area contributed by atoms with Crippen LogP contribution in [0.3, 0.4) is 0 Å². The molecule has 7 heteroatoms. The van der Waals surface area contributed by atoms with Gasteiger partial charge in [0.25, 0.3) is 0 Å². The molecule has 1 unspecified atom stereocenters. The SMILES string of the molecule is CSCc1cc(N2CCOCC2)nc(C2=CCC(NC(=O)CCC3CC3)C=C2)n1. The number of carbonyl (C=O) groups excluding carboxylic acids is 1. The van der Waals surface area contributed by atoms with Crippen molar-refractivity contribution in [2.24, 2.45) is 5.92 Å². The molecule has 156 valence electrons. The van der Waals surface area contributed by atoms with E-state index in [0.717, 1.165) is 73.7 Å². The zero-order chi connectivity index (χ0) is 20.1. The standard InChI is InChI=1S/C22H30N4O2S/c1-29-15-19-14-20(26-10-12-28-13-11-26)25-22(24-19)17-5-7-18(8-6-17)23-21(27)9-4-16-2-3-16/h5-7,14,16,18H,2-4,8-13,15H2,1H3,(H,23,27). The predicted octanol–water partition coefficient (Wildman–Crippen LogP) is 3.19. The molecule has 1 aliphatic heterocycles. The molecule has 1 atom stereocenters. The Balaban J connectivity index is 1.41. The number of nitrogens with one attached hydrogen (secondary N) is 1. The number of aromatic nitrogens is 2. The first-order chi connectivity index (χ1) is 14.2. The Morgan fingerprint density at radius 1 is 1.31 bits per heavy atom. The van der Waals surface area contributed by atoms with E-state index in [-0.39, 0.29) is 11.9 Å². The van der Waals surface area contributed by atoms with Crippen molar-refractivity contribution >= 4 is 29.1 Å². The highest BCUT2D eigenvalue weighted by molar-refractivity contribution is 7.97. The van der Waals surface area contributed by atoms with E-state index in [1.165, 1.54) is 12.8 Å². The van der Waals surface area contributed by atoms with Crippen LogP contribution in [0, 0.1) is 5.92 Å². The molecule has 6 nitrogen and oxygen atoms in total. The van der Waals surface area contributed by atoms with Gasteiger partial charge in [0, 0.05) is 36.9 Å². The van der Waals surface area contributed by atoms with Gasteiger partial charge in [0.05, 0.1) is 24.9 Å². The lowest BCUT2D eigenvalue weighted by Crippen LogP contribution is -2.37. The van der Waals surface area contributed by atoms with E-state index >= 15 is 0 Å². The molecule has 1 saturated heterocycles. The number of amides is 1. The average Bonchev–Trinajstić information content (AvgIpc) is 3.58. The second kappa shape index (κ2) is 9.76. The van der Waals surface area contributed by atoms with Gasteiger partial charge in [0.2, 0.25) is 5.91 Å². The minimum absolute atomic E-state index is 0.0681. The molecule has 4 rings (SSSR count). The number of hydrogen-bond donors (Lipinski definition) is 1. The van der Waals surface area contributed by atoms with Crippen LogP contribution >= 0.6 is 11.8 Å². The van der Waals surface area contributed by atoms with E-state index < -0.39 is 0 Å². The van der Waals surface area contributed by atoms with Crippen molar-refractivity contribution in [2.75, 3.05) is 37.5 Å². The second-order valence-electron chi connectivity index (χ2n) is 7.98. The van der Waals surface area contributed by atoms with Gasteiger partial charge in [-0.25, -0.2) is 9.97 Å². The zero-order valence-electron chi connectivity index (χ0n) is 17.1. The molecule has 1 N–H and O–H groups in total. The van der Waals surface area contributed by atoms with Crippen molar-refractivity contribution in [3.63, 3.8) is 0 Å². The van der Waals surface area contributed by atoms with Crippen molar-refractivity contribution in [1.29, 1.82) is 0 Å². The van der Waals surface area contributed by atoms with Gasteiger partial charge >= 0.3 is 0 Å². The molecule has 1 aromatic rings. The molecule has 0 bridgehead atoms. The molecule has 1 saturated carbocycles. The minimum Gasteiger partial charge on any atom is -0.378 e. The zero-order valence-corrected chi connectivity index (χ0v) is 17.9. The van der Waals surface area contributed by atoms with Crippen LogP contribution in [0.1, 0.15) is 43.6 Å². The summed E-state index contributed by atoms with van der Waals surface area (Å²) in [4.78, 5) is 24.0. The van der Waals surface area contributed by atoms with Crippen LogP contribution in [0.4, 0.5) is 5.82 Å². The highest BCUT2D eigenvalue weighted by atomic mass is 32.2. The number of ether oxygens (including phenoxy) is 1. The summed E-state index contributed by atoms with van der Waals surface area (Å²) in [7, 11) is 0. The first-order valence-corrected chi connectivity index (χ1v) is 12.0. The third-order valence-corrected chi connectivity index (χ3v) is 6.16. The Morgan fingerprint density at radius 2 is 2.14 bits per heavy atom. The number of carbonyl (C=O) groups is 1. The molecule has 0 spiro atoms. The smallest absolute Gasteiger partial charge is 0.220 e. The lowest BCUT2D eigenvalue weighted by atomic mass is 10.0. The number of nitrogens with zero attached hydrogens (tertiary/aromatic N) is 3. The van der Waals surface area contributed by atoms with Gasteiger partial charge in [-0.15, -0.1) is 0 Å². The van der Waals surface area contributed by atoms with Crippen LogP contribution in [0.2, 0.25) is 0 Å². The predicted molar refractivity (Wildman–Crippen MR) is 118 cm³/mol. The fourth-order valence-electron chi connectivity index (χ4n) is 3.70. The number of thioether (sulfide) groups is 1. The molecule has 29 heavy (non-hydrogen) atoms. The van der Waals surface area contributed by atoms with Crippen LogP contribution in [-0.2, 0) is 15.3 Å². The van der Waals surface area contributed by atoms with Crippen LogP contribution in [-0.4, -0.2) is 54.5 Å². The Morgan fingerprint density at radius 3 is 2.83 bits per heavy atom. The Kier molecular flexibility index (Phi) is 6.87. The number of allylic oxidation sites excluding steroid dienone is 2. The molecule has 0 aromatic carbocycles. The first-order valence-electron chi connectivity index (χ1n) is 10.6. The highest BCUT2D eigenvalue weighted by Crippen LogP contribution is 2.33. The summed E-state index contributed by atoms with van der Waals surface area (Å²) in [5.74, 6) is 3.57. The lowest BCUT2D eigenvalue weighted by molar-refractivity contribution is -0.121. The number of anilines is 1. The molecule has 2 aliphatic carbocycles. The summed E-state index contributed by atoms with van der Waals surface area (Å²) < 4.78 is 5.48. The average molecular weight is 415 g/mol. The van der Waals surface area contributed by atoms with Gasteiger partial charge in [-0.3, -0.25) is 4.79 Å². The Hall–Kier alpha value is -1.86. The molecule has 2 heterocycles. The molecular formula is C22H30N4O2S. The lowest BCUT2D eigenvalue weighted by Gasteiger charge is -2.28. The van der Waals surface area contributed by atoms with E-state index in [4.69, 9.17) is 14.7 Å². The summed E-state index contributed by atoms with van der Waals surface area (Å²) in [5.41, 5.74) is 2.08. The molecule has 3 aliphatic rings. The summed E-state index contributed by atoms with van der Waals surface area (Å²) >= 11 is 1.77. The van der Waals surface area contributed by atoms with Crippen molar-refractivity contribution < 1.29 is 9.53 Å². The second-order valence-corrected chi connectivity index (χ2v) is 8.85. The summed E-state index contributed by atoms with van der Waals surface area (Å²) in [6.45, 7) is 3.20. The Labute approximate surface area is 177 Å². The third kappa shape index (κ3) is 5.82. The molecule has 1 aromatic heterocycles. The summed E-state index contributed by atoms with van der Waals surface area (Å²) in [6.07, 6.45) is 13.4. The van der Waals surface area contributed by atoms with E-state index in [1.807, 2.05) is 0 Å². The largest absolute Gasteiger partial charge is 0.378 e. The van der Waals surface area contributed by atoms with Gasteiger partial charge in [-0.1, -0.05) is 31.1 Å². The maximum atomic E-state index is 12.1. The molecule has 1 amide bonds. The van der Waals surface area contributed by atoms with Crippen LogP contribution in [0.25, 0.3) is 5.57 Å². The first kappa shape index (κ1) is 20.4. The Bertz CT molecular complexity index is 785. The molecule has 2 fully saturated rings. The van der Waals surface area contributed by atoms with Crippen LogP contribution in [0.15, 0.2) is 24.3 Å². The number of rotatable bonds is 8. The van der Waals surface area contributed by atoms with Crippen LogP contribution < -0.4 is 10.2 Å². The van der Waals surface area contributed by atoms with Gasteiger partial charge in [-0.05, 0) is 25.0 Å². The van der Waals surface area contributed by atoms with Crippen molar-refractivity contribution in [3.05, 3.63) is 35.8 Å². The maximum Gasteiger partial charge on any atom is 0.220 e. The maximum absolute atomic E-state index is 12.1. The van der Waals surface area contributed by atoms with E-state index in [1.54, 1.807) is 11.8 Å². The van der Waals surface area contributed by atoms with E-state index in [2.05, 4.69) is 40.8 Å². The number of hydrogen-bond acceptors (Lipinski definition) is 6. The molecule has 0 radical (unpaired) electrons. The van der Waals surface area contributed by atoms with Gasteiger partial charge in [-0.2, -0.15) is 11.8 Å². The fraction of sp³-hybridized carbons (Fsp3) is 0.591. The third-order valence-electron chi connectivity index (χ3n) is 5.57. The van der Waals surface area contributed by atoms with Crippen molar-refractivity contribution in [2.45, 2.75) is 43.9 Å². The minimum atomic E-state index is 0.0681. The highest BCUT2D eigenvalue weighted by Gasteiger charge is 2.23. The van der Waals surface area contributed by atoms with Crippen molar-refractivity contribution in [1.82, 2.24) is 15.3 Å². The fourth-order valence-corrected chi connectivity index (χ4v) is 4.15. The van der Waals surface area contributed by atoms with Gasteiger partial charge < -0.3 is 15.0 Å². The quantitative estimate of drug-likeness (QED) is 0.705. The van der Waals surface area contributed by atoms with E-state index in [0.29, 0.717) is 6.42 Å². The summed E-state index contributed by atoms with van der Waals surface area (Å²) in [5, 5.41) is 3.13. The topological polar surface area (TPSA) is 67.3 Å². The van der Waals surface area contributed by atoms with Gasteiger partial charge in [0.15, 0.2) is 5.82 Å². The number of morpholine rings is 1. The molecular weight excluding hydrogens is 384 g/mol. The normalized spacial score (nSPS) is 21.8. The summed E-state index contributed by atoms with van der Waals surface area (Å²) in [6, 6.07) is 2.17. The van der Waals surface area contributed by atoms with E-state index in [9.17, 15) is 4.79 Å². The monoisotopic (exact) mass is 414 g/mol. The van der Waals surface area contributed by atoms with Crippen molar-refractivity contribution in [3.8, 4) is 0 Å².